The first kappa shape index (κ1) is 21.6. The van der Waals surface area contributed by atoms with E-state index in [4.69, 9.17) is 18.3 Å². The van der Waals surface area contributed by atoms with Gasteiger partial charge >= 0.3 is 13.8 Å². The van der Waals surface area contributed by atoms with Crippen molar-refractivity contribution in [3.63, 3.8) is 0 Å². The second-order valence-electron chi connectivity index (χ2n) is 6.26. The molecule has 7 nitrogen and oxygen atoms in total. The van der Waals surface area contributed by atoms with Crippen LogP contribution in [0.5, 0.6) is 5.75 Å². The van der Waals surface area contributed by atoms with Gasteiger partial charge in [-0.3, -0.25) is 9.05 Å². The van der Waals surface area contributed by atoms with Crippen molar-refractivity contribution in [2.75, 3.05) is 13.2 Å². The number of rotatable bonds is 8. The molecule has 0 aromatic heterocycles. The summed E-state index contributed by atoms with van der Waals surface area (Å²) in [6.45, 7) is 10.1. The predicted molar refractivity (Wildman–Crippen MR) is 93.8 cm³/mol. The van der Waals surface area contributed by atoms with Gasteiger partial charge in [0.15, 0.2) is 0 Å². The van der Waals surface area contributed by atoms with Gasteiger partial charge in [0.1, 0.15) is 11.4 Å². The molecule has 1 rings (SSSR count). The SMILES string of the molecule is CCOP(=O)(OCC)Oc1c(CO)ccc(C(=O)OC(C)(C)C)c1C. The second kappa shape index (κ2) is 8.81. The monoisotopic (exact) mass is 374 g/mol. The van der Waals surface area contributed by atoms with E-state index < -0.39 is 19.4 Å². The van der Waals surface area contributed by atoms with Crippen LogP contribution in [0.4, 0.5) is 0 Å². The van der Waals surface area contributed by atoms with Gasteiger partial charge in [-0.15, -0.1) is 0 Å². The Morgan fingerprint density at radius 2 is 1.72 bits per heavy atom. The van der Waals surface area contributed by atoms with Crippen molar-refractivity contribution < 1.29 is 32.8 Å². The molecule has 0 aliphatic carbocycles. The number of ether oxygens (including phenoxy) is 1. The summed E-state index contributed by atoms with van der Waals surface area (Å²) in [5.41, 5.74) is 0.345. The van der Waals surface area contributed by atoms with Crippen LogP contribution in [0.2, 0.25) is 0 Å². The smallest absolute Gasteiger partial charge is 0.456 e. The molecule has 0 heterocycles. The fraction of sp³-hybridized carbons (Fsp3) is 0.588. The normalized spacial score (nSPS) is 12.1. The van der Waals surface area contributed by atoms with Crippen LogP contribution >= 0.6 is 7.82 Å². The highest BCUT2D eigenvalue weighted by Gasteiger charge is 2.31. The largest absolute Gasteiger partial charge is 0.530 e. The zero-order valence-corrected chi connectivity index (χ0v) is 16.5. The lowest BCUT2D eigenvalue weighted by Gasteiger charge is -2.23. The molecule has 0 fully saturated rings. The number of phosphoric ester groups is 1. The lowest BCUT2D eigenvalue weighted by Crippen LogP contribution is -2.24. The molecule has 1 N–H and O–H groups in total. The van der Waals surface area contributed by atoms with Gasteiger partial charge in [-0.2, -0.15) is 0 Å². The third-order valence-electron chi connectivity index (χ3n) is 3.05. The minimum absolute atomic E-state index is 0.0936. The molecule has 0 bridgehead atoms. The van der Waals surface area contributed by atoms with Crippen LogP contribution in [-0.4, -0.2) is 29.9 Å². The summed E-state index contributed by atoms with van der Waals surface area (Å²) in [7, 11) is -3.86. The summed E-state index contributed by atoms with van der Waals surface area (Å²) < 4.78 is 33.8. The Morgan fingerprint density at radius 1 is 1.16 bits per heavy atom. The van der Waals surface area contributed by atoms with Crippen LogP contribution in [0, 0.1) is 6.92 Å². The van der Waals surface area contributed by atoms with Crippen molar-refractivity contribution in [2.45, 2.75) is 53.8 Å². The van der Waals surface area contributed by atoms with Gasteiger partial charge in [0, 0.05) is 11.1 Å². The number of benzene rings is 1. The van der Waals surface area contributed by atoms with Crippen molar-refractivity contribution in [1.82, 2.24) is 0 Å². The molecule has 0 spiro atoms. The Labute approximate surface area is 148 Å². The summed E-state index contributed by atoms with van der Waals surface area (Å²) >= 11 is 0. The van der Waals surface area contributed by atoms with Crippen LogP contribution in [0.25, 0.3) is 0 Å². The third kappa shape index (κ3) is 6.12. The molecular weight excluding hydrogens is 347 g/mol. The highest BCUT2D eigenvalue weighted by molar-refractivity contribution is 7.48. The lowest BCUT2D eigenvalue weighted by molar-refractivity contribution is 0.00679. The summed E-state index contributed by atoms with van der Waals surface area (Å²) in [6.07, 6.45) is 0. The van der Waals surface area contributed by atoms with Gasteiger partial charge in [0.2, 0.25) is 0 Å². The first-order valence-electron chi connectivity index (χ1n) is 8.12. The number of aliphatic hydroxyl groups excluding tert-OH is 1. The summed E-state index contributed by atoms with van der Waals surface area (Å²) in [5, 5.41) is 9.55. The highest BCUT2D eigenvalue weighted by Crippen LogP contribution is 2.51. The molecule has 1 aromatic carbocycles. The lowest BCUT2D eigenvalue weighted by atomic mass is 10.0. The minimum atomic E-state index is -3.86. The number of carbonyl (C=O) groups is 1. The zero-order valence-electron chi connectivity index (χ0n) is 15.6. The van der Waals surface area contributed by atoms with E-state index in [-0.39, 0.29) is 31.1 Å². The van der Waals surface area contributed by atoms with Gasteiger partial charge in [-0.05, 0) is 47.6 Å². The topological polar surface area (TPSA) is 91.3 Å². The molecule has 0 saturated carbocycles. The first-order chi connectivity index (χ1) is 11.6. The molecule has 0 radical (unpaired) electrons. The number of hydrogen-bond acceptors (Lipinski definition) is 7. The fourth-order valence-corrected chi connectivity index (χ4v) is 3.36. The molecule has 0 aliphatic rings. The molecule has 0 aliphatic heterocycles. The van der Waals surface area contributed by atoms with E-state index >= 15 is 0 Å². The highest BCUT2D eigenvalue weighted by atomic mass is 31.2. The summed E-state index contributed by atoms with van der Waals surface area (Å²) in [4.78, 5) is 12.4. The molecule has 25 heavy (non-hydrogen) atoms. The van der Waals surface area contributed by atoms with Crippen LogP contribution < -0.4 is 4.52 Å². The molecule has 0 saturated heterocycles. The minimum Gasteiger partial charge on any atom is -0.456 e. The van der Waals surface area contributed by atoms with E-state index in [1.165, 1.54) is 12.1 Å². The Balaban J connectivity index is 3.31. The maximum absolute atomic E-state index is 12.6. The van der Waals surface area contributed by atoms with E-state index in [2.05, 4.69) is 0 Å². The van der Waals surface area contributed by atoms with Crippen molar-refractivity contribution in [3.8, 4) is 5.75 Å². The first-order valence-corrected chi connectivity index (χ1v) is 9.58. The molecule has 8 heteroatoms. The number of phosphoric acid groups is 1. The van der Waals surface area contributed by atoms with E-state index in [0.717, 1.165) is 0 Å². The number of aliphatic hydroxyl groups is 1. The zero-order chi connectivity index (χ0) is 19.3. The van der Waals surface area contributed by atoms with E-state index in [1.54, 1.807) is 41.5 Å². The van der Waals surface area contributed by atoms with E-state index in [0.29, 0.717) is 11.1 Å². The number of hydrogen-bond donors (Lipinski definition) is 1. The van der Waals surface area contributed by atoms with Crippen molar-refractivity contribution in [3.05, 3.63) is 28.8 Å². The average molecular weight is 374 g/mol. The standard InChI is InChI=1S/C17H27O7P/c1-7-21-25(20,22-8-2)24-15-12(3)14(10-9-13(15)11-18)16(19)23-17(4,5)6/h9-10,18H,7-8,11H2,1-6H3. The predicted octanol–water partition coefficient (Wildman–Crippen LogP) is 4.00. The Morgan fingerprint density at radius 3 is 2.16 bits per heavy atom. The van der Waals surface area contributed by atoms with E-state index in [9.17, 15) is 14.5 Å². The molecule has 0 amide bonds. The third-order valence-corrected chi connectivity index (χ3v) is 4.61. The quantitative estimate of drug-likeness (QED) is 0.543. The second-order valence-corrected chi connectivity index (χ2v) is 7.85. The van der Waals surface area contributed by atoms with Gasteiger partial charge in [-0.1, -0.05) is 6.07 Å². The Kier molecular flexibility index (Phi) is 7.62. The molecule has 142 valence electrons. The molecule has 0 unspecified atom stereocenters. The molecule has 0 atom stereocenters. The number of carbonyl (C=O) groups excluding carboxylic acids is 1. The maximum Gasteiger partial charge on any atom is 0.530 e. The van der Waals surface area contributed by atoms with Crippen molar-refractivity contribution in [1.29, 1.82) is 0 Å². The van der Waals surface area contributed by atoms with Crippen LogP contribution in [0.15, 0.2) is 12.1 Å². The van der Waals surface area contributed by atoms with Crippen LogP contribution in [0.3, 0.4) is 0 Å². The van der Waals surface area contributed by atoms with Gasteiger partial charge < -0.3 is 14.4 Å². The van der Waals surface area contributed by atoms with E-state index in [1.807, 2.05) is 0 Å². The average Bonchev–Trinajstić information content (AvgIpc) is 2.47. The van der Waals surface area contributed by atoms with Gasteiger partial charge in [0.05, 0.1) is 25.4 Å². The van der Waals surface area contributed by atoms with Gasteiger partial charge in [-0.25, -0.2) is 9.36 Å². The van der Waals surface area contributed by atoms with Gasteiger partial charge in [0.25, 0.3) is 0 Å². The number of esters is 1. The summed E-state index contributed by atoms with van der Waals surface area (Å²) in [6, 6.07) is 3.05. The molecular formula is C17H27O7P. The van der Waals surface area contributed by atoms with Crippen molar-refractivity contribution in [2.24, 2.45) is 0 Å². The fourth-order valence-electron chi connectivity index (χ4n) is 2.07. The van der Waals surface area contributed by atoms with Crippen molar-refractivity contribution >= 4 is 13.8 Å². The molecule has 1 aromatic rings. The van der Waals surface area contributed by atoms with Crippen LogP contribution in [-0.2, 0) is 25.0 Å². The van der Waals surface area contributed by atoms with Crippen LogP contribution in [0.1, 0.15) is 56.1 Å². The Bertz CT molecular complexity index is 639. The summed E-state index contributed by atoms with van der Waals surface area (Å²) in [5.74, 6) is -0.446. The maximum atomic E-state index is 12.6. The Hall–Kier alpha value is -1.40.